The highest BCUT2D eigenvalue weighted by molar-refractivity contribution is 6.30. The number of aromatic nitrogens is 2. The Labute approximate surface area is 162 Å². The Morgan fingerprint density at radius 3 is 2.67 bits per heavy atom. The van der Waals surface area contributed by atoms with Crippen LogP contribution in [-0.2, 0) is 19.5 Å². The molecule has 0 spiro atoms. The van der Waals surface area contributed by atoms with Gasteiger partial charge < -0.3 is 10.2 Å². The van der Waals surface area contributed by atoms with Crippen molar-refractivity contribution >= 4 is 11.6 Å². The van der Waals surface area contributed by atoms with Gasteiger partial charge in [-0.3, -0.25) is 4.90 Å². The molecule has 0 aliphatic carbocycles. The number of hydrogen-bond acceptors (Lipinski definition) is 5. The molecule has 0 saturated heterocycles. The SMILES string of the molecule is Cc1cc(O)cc(O)c1CN1CCc2nc(-c3ccc(Cl)cc3)ncc2C1. The third-order valence-corrected chi connectivity index (χ3v) is 5.18. The first-order valence-electron chi connectivity index (χ1n) is 8.84. The van der Waals surface area contributed by atoms with E-state index in [-0.39, 0.29) is 11.5 Å². The van der Waals surface area contributed by atoms with Crippen LogP contribution in [0.2, 0.25) is 5.02 Å². The van der Waals surface area contributed by atoms with E-state index in [1.165, 1.54) is 6.07 Å². The molecule has 0 bridgehead atoms. The fourth-order valence-electron chi connectivity index (χ4n) is 3.46. The van der Waals surface area contributed by atoms with Crippen molar-refractivity contribution in [1.29, 1.82) is 0 Å². The molecular formula is C21H20ClN3O2. The van der Waals surface area contributed by atoms with E-state index >= 15 is 0 Å². The number of fused-ring (bicyclic) bond motifs is 1. The lowest BCUT2D eigenvalue weighted by Gasteiger charge is -2.28. The zero-order valence-corrected chi connectivity index (χ0v) is 15.7. The summed E-state index contributed by atoms with van der Waals surface area (Å²) >= 11 is 5.95. The van der Waals surface area contributed by atoms with Crippen molar-refractivity contribution in [1.82, 2.24) is 14.9 Å². The van der Waals surface area contributed by atoms with Gasteiger partial charge >= 0.3 is 0 Å². The van der Waals surface area contributed by atoms with Gasteiger partial charge in [0, 0.05) is 60.0 Å². The largest absolute Gasteiger partial charge is 0.508 e. The quantitative estimate of drug-likeness (QED) is 0.715. The van der Waals surface area contributed by atoms with Gasteiger partial charge in [0.1, 0.15) is 11.5 Å². The van der Waals surface area contributed by atoms with Crippen LogP contribution >= 0.6 is 11.6 Å². The van der Waals surface area contributed by atoms with Crippen molar-refractivity contribution in [3.8, 4) is 22.9 Å². The van der Waals surface area contributed by atoms with E-state index in [0.717, 1.165) is 47.5 Å². The molecule has 2 heterocycles. The molecule has 0 amide bonds. The summed E-state index contributed by atoms with van der Waals surface area (Å²) in [4.78, 5) is 11.5. The summed E-state index contributed by atoms with van der Waals surface area (Å²) in [5.41, 5.74) is 4.85. The summed E-state index contributed by atoms with van der Waals surface area (Å²) in [5, 5.41) is 20.4. The maximum atomic E-state index is 10.2. The summed E-state index contributed by atoms with van der Waals surface area (Å²) in [6.45, 7) is 4.10. The monoisotopic (exact) mass is 381 g/mol. The van der Waals surface area contributed by atoms with Crippen molar-refractivity contribution in [3.05, 3.63) is 70.0 Å². The van der Waals surface area contributed by atoms with Gasteiger partial charge in [0.2, 0.25) is 0 Å². The Morgan fingerprint density at radius 2 is 1.93 bits per heavy atom. The second-order valence-corrected chi connectivity index (χ2v) is 7.33. The Kier molecular flexibility index (Phi) is 4.72. The Bertz CT molecular complexity index is 966. The second kappa shape index (κ2) is 7.18. The predicted octanol–water partition coefficient (Wildman–Crippen LogP) is 4.07. The summed E-state index contributed by atoms with van der Waals surface area (Å²) in [6, 6.07) is 10.6. The van der Waals surface area contributed by atoms with Gasteiger partial charge in [-0.25, -0.2) is 9.97 Å². The van der Waals surface area contributed by atoms with Crippen molar-refractivity contribution in [3.63, 3.8) is 0 Å². The molecule has 6 heteroatoms. The number of aromatic hydroxyl groups is 2. The smallest absolute Gasteiger partial charge is 0.159 e. The molecule has 1 aliphatic rings. The highest BCUT2D eigenvalue weighted by Gasteiger charge is 2.20. The number of halogens is 1. The van der Waals surface area contributed by atoms with Gasteiger partial charge in [0.05, 0.1) is 5.69 Å². The average Bonchev–Trinajstić information content (AvgIpc) is 2.65. The molecule has 1 aromatic heterocycles. The van der Waals surface area contributed by atoms with E-state index in [2.05, 4.69) is 9.88 Å². The van der Waals surface area contributed by atoms with E-state index in [1.54, 1.807) is 6.07 Å². The highest BCUT2D eigenvalue weighted by atomic mass is 35.5. The first kappa shape index (κ1) is 17.8. The van der Waals surface area contributed by atoms with Gasteiger partial charge in [-0.2, -0.15) is 0 Å². The number of benzene rings is 2. The minimum absolute atomic E-state index is 0.0841. The Morgan fingerprint density at radius 1 is 1.15 bits per heavy atom. The maximum Gasteiger partial charge on any atom is 0.159 e. The van der Waals surface area contributed by atoms with Crippen LogP contribution < -0.4 is 0 Å². The lowest BCUT2D eigenvalue weighted by Crippen LogP contribution is -2.31. The topological polar surface area (TPSA) is 69.5 Å². The van der Waals surface area contributed by atoms with E-state index in [0.29, 0.717) is 17.4 Å². The van der Waals surface area contributed by atoms with Gasteiger partial charge in [0.25, 0.3) is 0 Å². The second-order valence-electron chi connectivity index (χ2n) is 6.89. The van der Waals surface area contributed by atoms with Gasteiger partial charge in [-0.05, 0) is 42.8 Å². The number of phenols is 2. The number of rotatable bonds is 3. The fraction of sp³-hybridized carbons (Fsp3) is 0.238. The van der Waals surface area contributed by atoms with Crippen LogP contribution in [0.4, 0.5) is 0 Å². The standard InChI is InChI=1S/C21H20ClN3O2/c1-13-8-17(26)9-20(27)18(13)12-25-7-6-19-15(11-25)10-23-21(24-19)14-2-4-16(22)5-3-14/h2-5,8-10,26-27H,6-7,11-12H2,1H3. The van der Waals surface area contributed by atoms with Crippen molar-refractivity contribution < 1.29 is 10.2 Å². The van der Waals surface area contributed by atoms with E-state index in [9.17, 15) is 10.2 Å². The summed E-state index contributed by atoms with van der Waals surface area (Å²) in [5.74, 6) is 0.930. The van der Waals surface area contributed by atoms with Crippen LogP contribution in [0, 0.1) is 6.92 Å². The molecule has 1 aliphatic heterocycles. The molecule has 5 nitrogen and oxygen atoms in total. The summed E-state index contributed by atoms with van der Waals surface area (Å²) in [7, 11) is 0. The van der Waals surface area contributed by atoms with Crippen LogP contribution in [-0.4, -0.2) is 31.6 Å². The van der Waals surface area contributed by atoms with Gasteiger partial charge in [0.15, 0.2) is 5.82 Å². The van der Waals surface area contributed by atoms with Crippen molar-refractivity contribution in [2.75, 3.05) is 6.54 Å². The number of nitrogens with zero attached hydrogens (tertiary/aromatic N) is 3. The number of hydrogen-bond donors (Lipinski definition) is 2. The molecule has 0 saturated carbocycles. The van der Waals surface area contributed by atoms with Crippen LogP contribution in [0.25, 0.3) is 11.4 Å². The molecule has 138 valence electrons. The molecule has 0 unspecified atom stereocenters. The zero-order valence-electron chi connectivity index (χ0n) is 15.0. The summed E-state index contributed by atoms with van der Waals surface area (Å²) < 4.78 is 0. The van der Waals surface area contributed by atoms with Crippen LogP contribution in [0.15, 0.2) is 42.6 Å². The zero-order chi connectivity index (χ0) is 19.0. The Balaban J connectivity index is 1.53. The van der Waals surface area contributed by atoms with Crippen LogP contribution in [0.5, 0.6) is 11.5 Å². The molecule has 2 N–H and O–H groups in total. The first-order chi connectivity index (χ1) is 13.0. The average molecular weight is 382 g/mol. The fourth-order valence-corrected chi connectivity index (χ4v) is 3.58. The summed E-state index contributed by atoms with van der Waals surface area (Å²) in [6.07, 6.45) is 2.72. The molecule has 4 rings (SSSR count). The maximum absolute atomic E-state index is 10.2. The number of phenolic OH excluding ortho intramolecular Hbond substituents is 2. The Hall–Kier alpha value is -2.63. The third kappa shape index (κ3) is 3.75. The lowest BCUT2D eigenvalue weighted by atomic mass is 10.0. The van der Waals surface area contributed by atoms with E-state index < -0.39 is 0 Å². The lowest BCUT2D eigenvalue weighted by molar-refractivity contribution is 0.239. The normalized spacial score (nSPS) is 14.1. The van der Waals surface area contributed by atoms with Crippen molar-refractivity contribution in [2.45, 2.75) is 26.4 Å². The van der Waals surface area contributed by atoms with E-state index in [4.69, 9.17) is 16.6 Å². The third-order valence-electron chi connectivity index (χ3n) is 4.93. The molecule has 0 radical (unpaired) electrons. The highest BCUT2D eigenvalue weighted by Crippen LogP contribution is 2.30. The van der Waals surface area contributed by atoms with Crippen LogP contribution in [0.3, 0.4) is 0 Å². The van der Waals surface area contributed by atoms with Gasteiger partial charge in [-0.15, -0.1) is 0 Å². The van der Waals surface area contributed by atoms with Crippen LogP contribution in [0.1, 0.15) is 22.4 Å². The molecule has 2 aromatic carbocycles. The number of aryl methyl sites for hydroxylation is 1. The van der Waals surface area contributed by atoms with Crippen molar-refractivity contribution in [2.24, 2.45) is 0 Å². The molecule has 0 atom stereocenters. The minimum atomic E-state index is 0.0841. The molecule has 0 fully saturated rings. The first-order valence-corrected chi connectivity index (χ1v) is 9.22. The van der Waals surface area contributed by atoms with Gasteiger partial charge in [-0.1, -0.05) is 11.6 Å². The van der Waals surface area contributed by atoms with E-state index in [1.807, 2.05) is 37.4 Å². The minimum Gasteiger partial charge on any atom is -0.508 e. The molecular weight excluding hydrogens is 362 g/mol. The predicted molar refractivity (Wildman–Crippen MR) is 105 cm³/mol. The molecule has 27 heavy (non-hydrogen) atoms. The molecule has 3 aromatic rings.